The normalized spacial score (nSPS) is 11.2. The van der Waals surface area contributed by atoms with Crippen LogP contribution >= 0.6 is 34.5 Å². The molecule has 10 nitrogen and oxygen atoms in total. The molecule has 156 valence electrons. The summed E-state index contributed by atoms with van der Waals surface area (Å²) in [6.07, 6.45) is 0. The highest BCUT2D eigenvalue weighted by molar-refractivity contribution is 7.94. The maximum atomic E-state index is 12.6. The lowest BCUT2D eigenvalue weighted by Gasteiger charge is -2.08. The van der Waals surface area contributed by atoms with Crippen molar-refractivity contribution >= 4 is 67.0 Å². The van der Waals surface area contributed by atoms with Gasteiger partial charge in [-0.25, -0.2) is 0 Å². The summed E-state index contributed by atoms with van der Waals surface area (Å²) in [5.74, 6) is -0.626. The Morgan fingerprint density at radius 2 is 1.90 bits per heavy atom. The van der Waals surface area contributed by atoms with Crippen LogP contribution in [0.25, 0.3) is 0 Å². The molecule has 1 aromatic heterocycles. The minimum Gasteiger partial charge on any atom is -0.296 e. The van der Waals surface area contributed by atoms with Crippen molar-refractivity contribution in [3.8, 4) is 0 Å². The molecule has 0 unspecified atom stereocenters. The summed E-state index contributed by atoms with van der Waals surface area (Å²) in [7, 11) is -4.19. The van der Waals surface area contributed by atoms with Crippen LogP contribution in [0.3, 0.4) is 0 Å². The van der Waals surface area contributed by atoms with Gasteiger partial charge in [0.25, 0.3) is 26.0 Å². The second kappa shape index (κ2) is 8.52. The van der Waals surface area contributed by atoms with E-state index in [1.807, 2.05) is 0 Å². The van der Waals surface area contributed by atoms with Gasteiger partial charge in [-0.3, -0.25) is 24.9 Å². The standard InChI is InChI=1S/C16H11Cl2N5O5S2/c1-8-2-4-10(23(25)26)7-13(8)22-30(27,28)16-21-20-15(29-16)19-14(24)11-5-3-9(17)6-12(11)18/h2-7,22H,1H3,(H,19,20,24). The van der Waals surface area contributed by atoms with Gasteiger partial charge in [0.1, 0.15) is 0 Å². The van der Waals surface area contributed by atoms with Crippen LogP contribution in [0.4, 0.5) is 16.5 Å². The van der Waals surface area contributed by atoms with Gasteiger partial charge in [-0.2, -0.15) is 8.42 Å². The van der Waals surface area contributed by atoms with Crippen LogP contribution in [0.2, 0.25) is 10.0 Å². The number of carbonyl (C=O) groups excluding carboxylic acids is 1. The first-order chi connectivity index (χ1) is 14.1. The second-order valence-corrected chi connectivity index (χ2v) is 9.49. The average Bonchev–Trinajstić information content (AvgIpc) is 3.12. The minimum atomic E-state index is -4.19. The molecule has 0 bridgehead atoms. The molecule has 0 fully saturated rings. The van der Waals surface area contributed by atoms with E-state index in [2.05, 4.69) is 20.2 Å². The molecule has 0 spiro atoms. The number of carbonyl (C=O) groups is 1. The number of hydrogen-bond acceptors (Lipinski definition) is 8. The molecule has 3 rings (SSSR count). The summed E-state index contributed by atoms with van der Waals surface area (Å²) in [6.45, 7) is 1.59. The number of benzene rings is 2. The first-order valence-corrected chi connectivity index (χ1v) is 11.0. The summed E-state index contributed by atoms with van der Waals surface area (Å²) in [4.78, 5) is 22.6. The summed E-state index contributed by atoms with van der Waals surface area (Å²) in [5, 5.41) is 20.9. The molecule has 0 saturated heterocycles. The van der Waals surface area contributed by atoms with Gasteiger partial charge in [0.15, 0.2) is 0 Å². The number of aryl methyl sites for hydroxylation is 1. The monoisotopic (exact) mass is 487 g/mol. The van der Waals surface area contributed by atoms with Gasteiger partial charge in [0, 0.05) is 17.2 Å². The Morgan fingerprint density at radius 3 is 2.57 bits per heavy atom. The first kappa shape index (κ1) is 21.9. The topological polar surface area (TPSA) is 144 Å². The largest absolute Gasteiger partial charge is 0.296 e. The number of aromatic nitrogens is 2. The highest BCUT2D eigenvalue weighted by Crippen LogP contribution is 2.28. The quantitative estimate of drug-likeness (QED) is 0.302. The maximum Gasteiger partial charge on any atom is 0.291 e. The second-order valence-electron chi connectivity index (χ2n) is 5.81. The Labute approximate surface area is 184 Å². The molecule has 14 heteroatoms. The van der Waals surface area contributed by atoms with Crippen molar-refractivity contribution in [1.29, 1.82) is 0 Å². The SMILES string of the molecule is Cc1ccc([N+](=O)[O-])cc1NS(=O)(=O)c1nnc(NC(=O)c2ccc(Cl)cc2Cl)s1. The van der Waals surface area contributed by atoms with Crippen molar-refractivity contribution in [3.05, 3.63) is 67.7 Å². The van der Waals surface area contributed by atoms with Crippen LogP contribution in [-0.2, 0) is 10.0 Å². The zero-order valence-electron chi connectivity index (χ0n) is 14.9. The Hall–Kier alpha value is -2.80. The van der Waals surface area contributed by atoms with Gasteiger partial charge in [-0.1, -0.05) is 40.6 Å². The summed E-state index contributed by atoms with van der Waals surface area (Å²) in [5.41, 5.74) is 0.340. The van der Waals surface area contributed by atoms with Crippen molar-refractivity contribution < 1.29 is 18.1 Å². The van der Waals surface area contributed by atoms with Gasteiger partial charge in [0.05, 0.1) is 21.2 Å². The number of nitro groups is 1. The Balaban J connectivity index is 1.80. The molecule has 0 atom stereocenters. The lowest BCUT2D eigenvalue weighted by atomic mass is 10.2. The molecule has 1 amide bonds. The molecule has 3 aromatic rings. The van der Waals surface area contributed by atoms with Gasteiger partial charge < -0.3 is 0 Å². The van der Waals surface area contributed by atoms with Crippen molar-refractivity contribution in [1.82, 2.24) is 10.2 Å². The van der Waals surface area contributed by atoms with Crippen molar-refractivity contribution in [3.63, 3.8) is 0 Å². The van der Waals surface area contributed by atoms with Crippen LogP contribution in [-0.4, -0.2) is 29.4 Å². The highest BCUT2D eigenvalue weighted by atomic mass is 35.5. The molecular formula is C16H11Cl2N5O5S2. The number of halogens is 2. The summed E-state index contributed by atoms with van der Waals surface area (Å²) in [6, 6.07) is 8.04. The number of amides is 1. The van der Waals surface area contributed by atoms with Crippen molar-refractivity contribution in [2.24, 2.45) is 0 Å². The third-order valence-electron chi connectivity index (χ3n) is 3.71. The number of sulfonamides is 1. The zero-order valence-corrected chi connectivity index (χ0v) is 18.1. The van der Waals surface area contributed by atoms with Crippen molar-refractivity contribution in [2.45, 2.75) is 11.3 Å². The fraction of sp³-hybridized carbons (Fsp3) is 0.0625. The number of nitro benzene ring substituents is 1. The molecule has 0 radical (unpaired) electrons. The van der Waals surface area contributed by atoms with E-state index in [1.54, 1.807) is 6.92 Å². The lowest BCUT2D eigenvalue weighted by molar-refractivity contribution is -0.384. The number of non-ortho nitro benzene ring substituents is 1. The minimum absolute atomic E-state index is 0.0259. The number of nitrogens with one attached hydrogen (secondary N) is 2. The fourth-order valence-electron chi connectivity index (χ4n) is 2.23. The van der Waals surface area contributed by atoms with Crippen LogP contribution < -0.4 is 10.0 Å². The van der Waals surface area contributed by atoms with Gasteiger partial charge in [0.2, 0.25) is 5.13 Å². The molecule has 0 saturated carbocycles. The highest BCUT2D eigenvalue weighted by Gasteiger charge is 2.23. The van der Waals surface area contributed by atoms with Crippen LogP contribution in [0.15, 0.2) is 40.7 Å². The molecular weight excluding hydrogens is 477 g/mol. The number of hydrogen-bond donors (Lipinski definition) is 2. The predicted molar refractivity (Wildman–Crippen MR) is 113 cm³/mol. The number of nitrogens with zero attached hydrogens (tertiary/aromatic N) is 3. The van der Waals surface area contributed by atoms with E-state index < -0.39 is 25.2 Å². The van der Waals surface area contributed by atoms with Crippen molar-refractivity contribution in [2.75, 3.05) is 10.0 Å². The average molecular weight is 488 g/mol. The Morgan fingerprint density at radius 1 is 1.17 bits per heavy atom. The van der Waals surface area contributed by atoms with E-state index in [0.29, 0.717) is 21.9 Å². The smallest absolute Gasteiger partial charge is 0.291 e. The lowest BCUT2D eigenvalue weighted by Crippen LogP contribution is -2.13. The molecule has 2 N–H and O–H groups in total. The van der Waals surface area contributed by atoms with E-state index in [1.165, 1.54) is 30.3 Å². The number of rotatable bonds is 6. The van der Waals surface area contributed by atoms with Gasteiger partial charge in [-0.15, -0.1) is 10.2 Å². The first-order valence-electron chi connectivity index (χ1n) is 7.94. The molecule has 1 heterocycles. The molecule has 0 aliphatic rings. The number of anilines is 2. The molecule has 0 aliphatic heterocycles. The van der Waals surface area contributed by atoms with Crippen LogP contribution in [0.1, 0.15) is 15.9 Å². The van der Waals surface area contributed by atoms with E-state index in [9.17, 15) is 23.3 Å². The predicted octanol–water partition coefficient (Wildman–Crippen LogP) is 4.11. The summed E-state index contributed by atoms with van der Waals surface area (Å²) < 4.78 is 26.9. The molecule has 30 heavy (non-hydrogen) atoms. The van der Waals surface area contributed by atoms with E-state index in [-0.39, 0.29) is 27.1 Å². The molecule has 0 aliphatic carbocycles. The summed E-state index contributed by atoms with van der Waals surface area (Å²) >= 11 is 12.4. The van der Waals surface area contributed by atoms with E-state index >= 15 is 0 Å². The van der Waals surface area contributed by atoms with E-state index in [4.69, 9.17) is 23.2 Å². The fourth-order valence-corrected chi connectivity index (χ4v) is 4.74. The van der Waals surface area contributed by atoms with Crippen LogP contribution in [0.5, 0.6) is 0 Å². The molecule has 2 aromatic carbocycles. The maximum absolute atomic E-state index is 12.6. The third kappa shape index (κ3) is 4.84. The van der Waals surface area contributed by atoms with E-state index in [0.717, 1.165) is 6.07 Å². The zero-order chi connectivity index (χ0) is 22.1. The Bertz CT molecular complexity index is 1260. The van der Waals surface area contributed by atoms with Gasteiger partial charge >= 0.3 is 0 Å². The van der Waals surface area contributed by atoms with Gasteiger partial charge in [-0.05, 0) is 30.7 Å². The Kier molecular flexibility index (Phi) is 6.22. The van der Waals surface area contributed by atoms with Crippen LogP contribution in [0, 0.1) is 17.0 Å². The third-order valence-corrected chi connectivity index (χ3v) is 6.83.